The number of carboxylic acid groups (broad SMARTS) is 1. The fraction of sp³-hybridized carbons (Fsp3) is 0.462. The maximum absolute atomic E-state index is 11.3. The molecule has 0 radical (unpaired) electrons. The first-order valence-electron chi connectivity index (χ1n) is 5.88. The number of halogens is 1. The SMILES string of the molecule is COc1ccc(Cl)c(C(CN)C(=O)O)c1OC(C)C. The van der Waals surface area contributed by atoms with Gasteiger partial charge in [0.05, 0.1) is 19.1 Å². The Morgan fingerprint density at radius 1 is 1.47 bits per heavy atom. The monoisotopic (exact) mass is 287 g/mol. The highest BCUT2D eigenvalue weighted by atomic mass is 35.5. The summed E-state index contributed by atoms with van der Waals surface area (Å²) in [7, 11) is 1.48. The van der Waals surface area contributed by atoms with Crippen molar-refractivity contribution in [3.8, 4) is 11.5 Å². The summed E-state index contributed by atoms with van der Waals surface area (Å²) in [5, 5.41) is 9.54. The van der Waals surface area contributed by atoms with Gasteiger partial charge in [-0.25, -0.2) is 0 Å². The molecule has 0 aliphatic heterocycles. The third-order valence-electron chi connectivity index (χ3n) is 2.56. The zero-order chi connectivity index (χ0) is 14.6. The molecule has 1 aromatic rings. The van der Waals surface area contributed by atoms with Crippen LogP contribution in [0.25, 0.3) is 0 Å². The van der Waals surface area contributed by atoms with Gasteiger partial charge in [0.1, 0.15) is 0 Å². The van der Waals surface area contributed by atoms with Crippen molar-refractivity contribution in [2.45, 2.75) is 25.9 Å². The number of hydrogen-bond acceptors (Lipinski definition) is 4. The van der Waals surface area contributed by atoms with Gasteiger partial charge in [-0.05, 0) is 26.0 Å². The van der Waals surface area contributed by atoms with Gasteiger partial charge in [-0.3, -0.25) is 4.79 Å². The summed E-state index contributed by atoms with van der Waals surface area (Å²) in [4.78, 5) is 11.3. The molecule has 1 aromatic carbocycles. The lowest BCUT2D eigenvalue weighted by atomic mass is 9.97. The topological polar surface area (TPSA) is 81.8 Å². The van der Waals surface area contributed by atoms with Crippen molar-refractivity contribution in [1.29, 1.82) is 0 Å². The minimum atomic E-state index is -1.05. The summed E-state index contributed by atoms with van der Waals surface area (Å²) in [6.45, 7) is 3.60. The fourth-order valence-corrected chi connectivity index (χ4v) is 2.02. The van der Waals surface area contributed by atoms with E-state index in [9.17, 15) is 9.90 Å². The highest BCUT2D eigenvalue weighted by Gasteiger charge is 2.27. The molecule has 106 valence electrons. The standard InChI is InChI=1S/C13H18ClNO4/c1-7(2)19-12-10(18-3)5-4-9(14)11(12)8(6-15)13(16)17/h4-5,7-8H,6,15H2,1-3H3,(H,16,17). The Morgan fingerprint density at radius 2 is 2.11 bits per heavy atom. The molecule has 6 heteroatoms. The van der Waals surface area contributed by atoms with E-state index in [4.69, 9.17) is 26.8 Å². The molecule has 0 aliphatic carbocycles. The molecule has 1 atom stereocenters. The second-order valence-corrected chi connectivity index (χ2v) is 4.69. The zero-order valence-corrected chi connectivity index (χ0v) is 11.9. The van der Waals surface area contributed by atoms with Crippen LogP contribution in [0.15, 0.2) is 12.1 Å². The van der Waals surface area contributed by atoms with Crippen LogP contribution in [0.5, 0.6) is 11.5 Å². The van der Waals surface area contributed by atoms with Crippen LogP contribution in [0, 0.1) is 0 Å². The number of carboxylic acids is 1. The van der Waals surface area contributed by atoms with E-state index in [0.717, 1.165) is 0 Å². The van der Waals surface area contributed by atoms with Crippen LogP contribution >= 0.6 is 11.6 Å². The van der Waals surface area contributed by atoms with E-state index < -0.39 is 11.9 Å². The van der Waals surface area contributed by atoms with Gasteiger partial charge in [0.2, 0.25) is 0 Å². The molecular formula is C13H18ClNO4. The van der Waals surface area contributed by atoms with Crippen LogP contribution in [0.3, 0.4) is 0 Å². The summed E-state index contributed by atoms with van der Waals surface area (Å²) in [6, 6.07) is 3.22. The predicted molar refractivity (Wildman–Crippen MR) is 73.2 cm³/mol. The van der Waals surface area contributed by atoms with Crippen molar-refractivity contribution < 1.29 is 19.4 Å². The van der Waals surface area contributed by atoms with Gasteiger partial charge in [0.25, 0.3) is 0 Å². The van der Waals surface area contributed by atoms with Gasteiger partial charge in [0.15, 0.2) is 11.5 Å². The van der Waals surface area contributed by atoms with Gasteiger partial charge in [-0.1, -0.05) is 11.6 Å². The van der Waals surface area contributed by atoms with E-state index in [-0.39, 0.29) is 12.6 Å². The molecule has 0 saturated carbocycles. The average Bonchev–Trinajstić information content (AvgIpc) is 2.33. The number of ether oxygens (including phenoxy) is 2. The molecule has 0 aliphatic rings. The molecule has 0 spiro atoms. The molecular weight excluding hydrogens is 270 g/mol. The summed E-state index contributed by atoms with van der Waals surface area (Å²) in [6.07, 6.45) is -0.140. The summed E-state index contributed by atoms with van der Waals surface area (Å²) >= 11 is 6.10. The van der Waals surface area contributed by atoms with Gasteiger partial charge in [-0.15, -0.1) is 0 Å². The summed E-state index contributed by atoms with van der Waals surface area (Å²) < 4.78 is 10.9. The number of carbonyl (C=O) groups is 1. The number of rotatable bonds is 6. The zero-order valence-electron chi connectivity index (χ0n) is 11.1. The highest BCUT2D eigenvalue weighted by molar-refractivity contribution is 6.32. The number of benzene rings is 1. The van der Waals surface area contributed by atoms with Crippen LogP contribution in [0.2, 0.25) is 5.02 Å². The largest absolute Gasteiger partial charge is 0.493 e. The van der Waals surface area contributed by atoms with Crippen molar-refractivity contribution >= 4 is 17.6 Å². The van der Waals surface area contributed by atoms with E-state index in [2.05, 4.69) is 0 Å². The van der Waals surface area contributed by atoms with Crippen LogP contribution in [0.1, 0.15) is 25.3 Å². The molecule has 0 saturated heterocycles. The lowest BCUT2D eigenvalue weighted by Crippen LogP contribution is -2.23. The lowest BCUT2D eigenvalue weighted by molar-refractivity contribution is -0.138. The lowest BCUT2D eigenvalue weighted by Gasteiger charge is -2.21. The fourth-order valence-electron chi connectivity index (χ4n) is 1.74. The van der Waals surface area contributed by atoms with E-state index in [1.807, 2.05) is 13.8 Å². The van der Waals surface area contributed by atoms with Gasteiger partial charge >= 0.3 is 5.97 Å². The predicted octanol–water partition coefficient (Wildman–Crippen LogP) is 2.26. The second-order valence-electron chi connectivity index (χ2n) is 4.29. The molecule has 0 fully saturated rings. The van der Waals surface area contributed by atoms with Gasteiger partial charge < -0.3 is 20.3 Å². The second kappa shape index (κ2) is 6.63. The van der Waals surface area contributed by atoms with Crippen molar-refractivity contribution in [3.63, 3.8) is 0 Å². The van der Waals surface area contributed by atoms with E-state index in [1.54, 1.807) is 12.1 Å². The average molecular weight is 288 g/mol. The van der Waals surface area contributed by atoms with Crippen molar-refractivity contribution in [2.75, 3.05) is 13.7 Å². The maximum atomic E-state index is 11.3. The van der Waals surface area contributed by atoms with Gasteiger partial charge in [0, 0.05) is 17.1 Å². The first kappa shape index (κ1) is 15.6. The highest BCUT2D eigenvalue weighted by Crippen LogP contribution is 2.41. The van der Waals surface area contributed by atoms with E-state index in [0.29, 0.717) is 22.1 Å². The number of methoxy groups -OCH3 is 1. The smallest absolute Gasteiger partial charge is 0.312 e. The summed E-state index contributed by atoms with van der Waals surface area (Å²) in [5.41, 5.74) is 5.88. The third kappa shape index (κ3) is 3.52. The van der Waals surface area contributed by atoms with Crippen LogP contribution < -0.4 is 15.2 Å². The Kier molecular flexibility index (Phi) is 5.44. The minimum absolute atomic E-state index is 0.0727. The van der Waals surface area contributed by atoms with Crippen molar-refractivity contribution in [1.82, 2.24) is 0 Å². The molecule has 1 rings (SSSR count). The Morgan fingerprint density at radius 3 is 2.53 bits per heavy atom. The number of aliphatic carboxylic acids is 1. The molecule has 0 aromatic heterocycles. The van der Waals surface area contributed by atoms with Crippen LogP contribution in [-0.2, 0) is 4.79 Å². The normalized spacial score (nSPS) is 12.3. The van der Waals surface area contributed by atoms with Crippen molar-refractivity contribution in [2.24, 2.45) is 5.73 Å². The first-order chi connectivity index (χ1) is 8.92. The van der Waals surface area contributed by atoms with Crippen molar-refractivity contribution in [3.05, 3.63) is 22.7 Å². The Balaban J connectivity index is 3.44. The molecule has 0 amide bonds. The first-order valence-corrected chi connectivity index (χ1v) is 6.26. The Labute approximate surface area is 117 Å². The number of nitrogens with two attached hydrogens (primary N) is 1. The molecule has 0 heterocycles. The molecule has 3 N–H and O–H groups in total. The quantitative estimate of drug-likeness (QED) is 0.839. The minimum Gasteiger partial charge on any atom is -0.493 e. The molecule has 1 unspecified atom stereocenters. The van der Waals surface area contributed by atoms with E-state index in [1.165, 1.54) is 7.11 Å². The van der Waals surface area contributed by atoms with Crippen LogP contribution in [-0.4, -0.2) is 30.8 Å². The molecule has 19 heavy (non-hydrogen) atoms. The van der Waals surface area contributed by atoms with Crippen LogP contribution in [0.4, 0.5) is 0 Å². The third-order valence-corrected chi connectivity index (χ3v) is 2.89. The maximum Gasteiger partial charge on any atom is 0.312 e. The summed E-state index contributed by atoms with van der Waals surface area (Å²) in [5.74, 6) is -1.21. The Hall–Kier alpha value is -1.46. The molecule has 0 bridgehead atoms. The molecule has 5 nitrogen and oxygen atoms in total. The van der Waals surface area contributed by atoms with Gasteiger partial charge in [-0.2, -0.15) is 0 Å². The van der Waals surface area contributed by atoms with E-state index >= 15 is 0 Å². The number of hydrogen-bond donors (Lipinski definition) is 2. The Bertz CT molecular complexity index is 462.